The van der Waals surface area contributed by atoms with Crippen molar-refractivity contribution < 1.29 is 207 Å². The van der Waals surface area contributed by atoms with Crippen molar-refractivity contribution in [3.8, 4) is 0 Å². The molecule has 52 nitrogen and oxygen atoms in total. The summed E-state index contributed by atoms with van der Waals surface area (Å²) in [5, 5.41) is 16.8. The first kappa shape index (κ1) is 88.1. The fourth-order valence-corrected chi connectivity index (χ4v) is 15.8. The molecule has 0 saturated carbocycles. The Morgan fingerprint density at radius 2 is 1.24 bits per heavy atom. The maximum absolute atomic E-state index is 12.8. The second kappa shape index (κ2) is 35.5. The van der Waals surface area contributed by atoms with Crippen molar-refractivity contribution in [1.82, 2.24) is 24.8 Å². The van der Waals surface area contributed by atoms with Crippen LogP contribution in [0, 0.1) is 12.8 Å². The van der Waals surface area contributed by atoms with Gasteiger partial charge >= 0.3 is 106 Å². The maximum Gasteiger partial charge on any atom is 0.413 e. The van der Waals surface area contributed by atoms with Crippen LogP contribution in [0.4, 0.5) is 0 Å². The van der Waals surface area contributed by atoms with Crippen LogP contribution in [0.25, 0.3) is 0 Å². The van der Waals surface area contributed by atoms with Crippen LogP contribution in [0.3, 0.4) is 0 Å². The number of halogens is 2. The molecule has 12 N–H and O–H groups in total. The maximum atomic E-state index is 12.8. The Hall–Kier alpha value is -2.14. The topological polar surface area (TPSA) is 742 Å². The number of aliphatic hydroxyl groups excluding tert-OH is 1. The minimum atomic E-state index is -5.80. The van der Waals surface area contributed by atoms with Crippen LogP contribution in [0.1, 0.15) is 38.3 Å². The zero-order chi connectivity index (χ0) is 77.0. The summed E-state index contributed by atoms with van der Waals surface area (Å²) < 4.78 is 410. The summed E-state index contributed by atoms with van der Waals surface area (Å²) in [6.07, 6.45) is -31.7. The lowest BCUT2D eigenvalue weighted by Gasteiger charge is -2.50. The van der Waals surface area contributed by atoms with Crippen molar-refractivity contribution in [2.24, 2.45) is 0 Å². The molecule has 5 fully saturated rings. The van der Waals surface area contributed by atoms with E-state index in [1.165, 1.54) is 6.92 Å². The van der Waals surface area contributed by atoms with E-state index in [1.54, 1.807) is 5.48 Å². The molecule has 0 radical (unpaired) electrons. The van der Waals surface area contributed by atoms with E-state index in [9.17, 15) is 122 Å². The Morgan fingerprint density at radius 1 is 0.689 bits per heavy atom. The normalized spacial score (nSPS) is 34.7. The lowest BCUT2D eigenvalue weighted by Crippen LogP contribution is -2.62. The lowest BCUT2D eigenvalue weighted by atomic mass is 9.91. The Balaban J connectivity index is 1.12. The highest BCUT2D eigenvalue weighted by atomic mass is 35.5. The third-order valence-corrected chi connectivity index (χ3v) is 20.4. The van der Waals surface area contributed by atoms with Crippen molar-refractivity contribution in [2.45, 2.75) is 173 Å². The van der Waals surface area contributed by atoms with Gasteiger partial charge in [-0.25, -0.2) is 25.6 Å². The van der Waals surface area contributed by atoms with E-state index in [-0.39, 0.29) is 12.0 Å². The molecule has 7 rings (SSSR count). The van der Waals surface area contributed by atoms with E-state index >= 15 is 0 Å². The van der Waals surface area contributed by atoms with Crippen molar-refractivity contribution in [3.63, 3.8) is 0 Å². The molecule has 5 saturated heterocycles. The lowest BCUT2D eigenvalue weighted by molar-refractivity contribution is -0.349. The monoisotopic (exact) mass is 1740 g/mol. The van der Waals surface area contributed by atoms with Gasteiger partial charge in [0.2, 0.25) is 5.79 Å². The number of aromatic nitrogens is 3. The molecule has 0 amide bonds. The van der Waals surface area contributed by atoms with Crippen LogP contribution in [0.5, 0.6) is 0 Å². The fraction of sp³-hybridized carbons (Fsp3) is 0.846. The van der Waals surface area contributed by atoms with E-state index in [4.69, 9.17) is 91.3 Å². The van der Waals surface area contributed by atoms with Gasteiger partial charge in [0.1, 0.15) is 42.3 Å². The predicted octanol–water partition coefficient (Wildman–Crippen LogP) is -6.06. The van der Waals surface area contributed by atoms with E-state index in [0.717, 1.165) is 29.8 Å². The van der Waals surface area contributed by atoms with E-state index in [1.807, 2.05) is 0 Å². The zero-order valence-corrected chi connectivity index (χ0v) is 60.6. The van der Waals surface area contributed by atoms with Gasteiger partial charge in [0.15, 0.2) is 37.4 Å². The Morgan fingerprint density at radius 3 is 1.76 bits per heavy atom. The van der Waals surface area contributed by atoms with Crippen LogP contribution in [-0.4, -0.2) is 306 Å². The van der Waals surface area contributed by atoms with E-state index < -0.39 is 304 Å². The number of hydrogen-bond donors (Lipinski definition) is 12. The molecule has 6 unspecified atom stereocenters. The standard InChI is InChI=1S/C39H61Cl2N5O47S10/c1-17-31(41)33(88-94(48)49)34(89-95(50)51)38(81-17)87-39(16-40)35(92-102(70,71)72)32(43-93-103(73,74)75)27(86-39)10-45-9-19(42-44-45)12-77-36-25(90-100(64,65)66)8-24(29(84-36)15-80-99(61,62)63)83-37-26(91-101(67,68)69)7-23(28(85-37)14-79-98(58,59)60)82-30-5-3-20(13-76-30)46(96(52,53)54)21-6-18(2-4-22(21)47)11-78-97(55,56)57/h2,4,6,9,17,20-38,43,47H,3,5,7-8,10-16H2,1H3,(H,48,49)(H,50,51)(H,52,53,54)(H,55,56,57)(H,58,59,60)(H,61,62,63)(H,64,65,66)(H,67,68,69)(H,70,71,72)(H,73,74,75)/q-2/t17-,20+,21+,22-,23+,24+,25?,26?,27-,28?,29?,30-,31+,32-,33+,34-,35+,36-,37+,38+,39+/m1/s1. The first-order chi connectivity index (χ1) is 47.2. The number of rotatable bonds is 37. The first-order valence-corrected chi connectivity index (χ1v) is 41.8. The first-order valence-electron chi connectivity index (χ1n) is 27.8. The van der Waals surface area contributed by atoms with Crippen LogP contribution in [-0.2, 0) is 199 Å². The second-order valence-corrected chi connectivity index (χ2v) is 32.6. The van der Waals surface area contributed by atoms with Crippen molar-refractivity contribution in [1.29, 1.82) is 0 Å². The van der Waals surface area contributed by atoms with E-state index in [2.05, 4.69) is 27.1 Å². The predicted molar refractivity (Wildman–Crippen MR) is 320 cm³/mol. The van der Waals surface area contributed by atoms with Crippen molar-refractivity contribution in [2.75, 3.05) is 32.3 Å². The molecule has 6 aliphatic rings. The van der Waals surface area contributed by atoms with E-state index in [0.29, 0.717) is 4.31 Å². The molecule has 0 bridgehead atoms. The molecule has 64 heteroatoms. The van der Waals surface area contributed by atoms with Gasteiger partial charge in [-0.15, -0.1) is 28.3 Å². The summed E-state index contributed by atoms with van der Waals surface area (Å²) in [7, 11) is -44.1. The number of aliphatic hydroxyl groups is 1. The minimum absolute atomic E-state index is 0.120. The molecule has 103 heavy (non-hydrogen) atoms. The number of ether oxygens (including phenoxy) is 9. The molecule has 1 aromatic heterocycles. The molecule has 1 aliphatic carbocycles. The van der Waals surface area contributed by atoms with Gasteiger partial charge in [0.05, 0.1) is 74.8 Å². The molecule has 0 spiro atoms. The molecule has 23 atom stereocenters. The van der Waals surface area contributed by atoms with Gasteiger partial charge in [-0.05, 0) is 38.5 Å². The summed E-state index contributed by atoms with van der Waals surface area (Å²) in [5.74, 6) is -4.22. The molecule has 5 aliphatic heterocycles. The molecular weight excluding hydrogens is 1680 g/mol. The number of hydroxylamine groups is 1. The van der Waals surface area contributed by atoms with Gasteiger partial charge in [-0.1, -0.05) is 5.21 Å². The second-order valence-electron chi connectivity index (χ2n) is 21.8. The van der Waals surface area contributed by atoms with Gasteiger partial charge in [0.25, 0.3) is 0 Å². The number of nitrogens with one attached hydrogen (secondary N) is 1. The summed E-state index contributed by atoms with van der Waals surface area (Å²) in [6.45, 7) is -5.05. The minimum Gasteiger partial charge on any atom is -0.408 e. The van der Waals surface area contributed by atoms with Gasteiger partial charge < -0.3 is 59.4 Å². The highest BCUT2D eigenvalue weighted by molar-refractivity contribution is 7.83. The third-order valence-electron chi connectivity index (χ3n) is 14.6. The largest absolute Gasteiger partial charge is 0.413 e. The quantitative estimate of drug-likeness (QED) is 0.00970. The van der Waals surface area contributed by atoms with Gasteiger partial charge in [-0.2, -0.15) is 89.8 Å². The molecule has 1 aromatic rings. The number of alkyl halides is 2. The fourth-order valence-electron chi connectivity index (χ4n) is 10.7. The van der Waals surface area contributed by atoms with Crippen LogP contribution in [0.2, 0.25) is 0 Å². The molecule has 0 aromatic carbocycles. The number of nitrogens with zero attached hydrogens (tertiary/aromatic N) is 4. The Kier molecular flexibility index (Phi) is 30.3. The summed E-state index contributed by atoms with van der Waals surface area (Å²) in [4.78, 5) is 0. The van der Waals surface area contributed by atoms with Crippen LogP contribution >= 0.6 is 23.2 Å². The summed E-state index contributed by atoms with van der Waals surface area (Å²) >= 11 is 6.05. The van der Waals surface area contributed by atoms with Crippen molar-refractivity contribution >= 4 is 129 Å². The summed E-state index contributed by atoms with van der Waals surface area (Å²) in [6, 6.07) is -5.32. The van der Waals surface area contributed by atoms with Gasteiger partial charge in [-0.3, -0.25) is 70.9 Å². The molecular formula is C39H61Cl2N5O47S10-2. The smallest absolute Gasteiger partial charge is 0.408 e. The number of hydrogen-bond acceptors (Lipinski definition) is 40. The van der Waals surface area contributed by atoms with Gasteiger partial charge in [0, 0.05) is 18.9 Å². The Bertz CT molecular complexity index is 4100. The molecule has 600 valence electrons. The van der Waals surface area contributed by atoms with Crippen LogP contribution < -0.4 is 5.48 Å². The Labute approximate surface area is 599 Å². The highest BCUT2D eigenvalue weighted by Gasteiger charge is 2.63. The third kappa shape index (κ3) is 27.4. The zero-order valence-electron chi connectivity index (χ0n) is 50.9. The average Bonchev–Trinajstić information content (AvgIpc) is 1.59. The summed E-state index contributed by atoms with van der Waals surface area (Å²) in [5.41, 5.74) is 1.19. The SMILES string of the molecule is C[C@H]1O[C@@H](O[C@]2(CCl)O[C@H](Cn3cc(CO[C@@H]4OC(COS(=O)(=O)O)[C@@H](O[C@H]5OC(COS(=O)(=O)O)[C@@H](O[C@@H]6CC[C@H](N([C@H]7[CH-]C(COS(=O)(=O)O)=C[CH-][C@H]7O)S(=O)(=O)O)CO6)CC5OS(=O)(=O)O)CC4OS(=O)(=O)O)nn3)[C@@H](NOS(=O)(=O)O)[C@@H]2OS(=O)(=O)O)[C@H](OS(=O)O)[C@@H](OS(=O)O)[C@H]1Cl. The van der Waals surface area contributed by atoms with Crippen molar-refractivity contribution in [3.05, 3.63) is 36.4 Å². The average molecular weight is 1740 g/mol. The molecule has 6 heterocycles. The van der Waals surface area contributed by atoms with Crippen LogP contribution in [0.15, 0.2) is 17.8 Å². The highest BCUT2D eigenvalue weighted by Crippen LogP contribution is 2.43.